The third kappa shape index (κ3) is 3.76. The van der Waals surface area contributed by atoms with Crippen LogP contribution in [0.2, 0.25) is 0 Å². The van der Waals surface area contributed by atoms with Gasteiger partial charge in [0, 0.05) is 24.5 Å². The second-order valence-corrected chi connectivity index (χ2v) is 7.21. The number of hydrogen-bond donors (Lipinski definition) is 2. The molecule has 0 unspecified atom stereocenters. The van der Waals surface area contributed by atoms with Crippen LogP contribution in [0, 0.1) is 0 Å². The maximum absolute atomic E-state index is 12.4. The van der Waals surface area contributed by atoms with Crippen molar-refractivity contribution in [2.45, 2.75) is 37.8 Å². The zero-order valence-electron chi connectivity index (χ0n) is 13.7. The van der Waals surface area contributed by atoms with Crippen LogP contribution in [-0.4, -0.2) is 32.9 Å². The smallest absolute Gasteiger partial charge is 0.280 e. The topological polar surface area (TPSA) is 79.8 Å². The van der Waals surface area contributed by atoms with Crippen molar-refractivity contribution in [2.24, 2.45) is 0 Å². The molecule has 7 heteroatoms. The normalized spacial score (nSPS) is 20.3. The molecule has 0 aliphatic heterocycles. The minimum atomic E-state index is -0.0934. The molecule has 6 nitrogen and oxygen atoms in total. The number of amides is 1. The molecule has 3 aromatic heterocycles. The van der Waals surface area contributed by atoms with Gasteiger partial charge in [-0.2, -0.15) is 0 Å². The molecule has 1 fully saturated rings. The van der Waals surface area contributed by atoms with Crippen LogP contribution in [0.3, 0.4) is 0 Å². The van der Waals surface area contributed by atoms with Gasteiger partial charge in [-0.05, 0) is 49.9 Å². The van der Waals surface area contributed by atoms with Gasteiger partial charge in [-0.3, -0.25) is 4.79 Å². The average Bonchev–Trinajstić information content (AvgIpc) is 3.09. The molecular weight excluding hydrogens is 334 g/mol. The number of carbonyl (C=O) groups excluding carboxylic acids is 1. The number of nitrogens with zero attached hydrogens (tertiary/aromatic N) is 3. The van der Waals surface area contributed by atoms with E-state index in [-0.39, 0.29) is 11.9 Å². The van der Waals surface area contributed by atoms with Crippen LogP contribution in [0.25, 0.3) is 10.3 Å². The summed E-state index contributed by atoms with van der Waals surface area (Å²) in [4.78, 5) is 26.2. The molecular formula is C18H19N5OS. The second kappa shape index (κ2) is 7.14. The maximum Gasteiger partial charge on any atom is 0.280 e. The maximum atomic E-state index is 12.4. The van der Waals surface area contributed by atoms with E-state index >= 15 is 0 Å². The van der Waals surface area contributed by atoms with Crippen molar-refractivity contribution < 1.29 is 4.79 Å². The number of rotatable bonds is 4. The van der Waals surface area contributed by atoms with Gasteiger partial charge in [0.15, 0.2) is 5.01 Å². The van der Waals surface area contributed by atoms with Crippen molar-refractivity contribution in [1.29, 1.82) is 0 Å². The van der Waals surface area contributed by atoms with E-state index in [1.54, 1.807) is 12.4 Å². The van der Waals surface area contributed by atoms with E-state index in [4.69, 9.17) is 0 Å². The molecule has 1 amide bonds. The van der Waals surface area contributed by atoms with Gasteiger partial charge in [0.2, 0.25) is 0 Å². The molecule has 3 aromatic rings. The molecule has 0 spiro atoms. The highest BCUT2D eigenvalue weighted by Crippen LogP contribution is 2.23. The molecule has 1 aliphatic carbocycles. The SMILES string of the molecule is O=C(NC1CCC(Nc2ccccn2)CC1)c1nc2cccnc2s1. The first-order valence-corrected chi connectivity index (χ1v) is 9.29. The Bertz CT molecular complexity index is 825. The van der Waals surface area contributed by atoms with Gasteiger partial charge in [0.25, 0.3) is 5.91 Å². The second-order valence-electron chi connectivity index (χ2n) is 6.23. The number of pyridine rings is 2. The number of nitrogens with one attached hydrogen (secondary N) is 2. The van der Waals surface area contributed by atoms with Gasteiger partial charge in [0.1, 0.15) is 16.2 Å². The van der Waals surface area contributed by atoms with E-state index in [9.17, 15) is 4.79 Å². The summed E-state index contributed by atoms with van der Waals surface area (Å²) in [7, 11) is 0. The number of thiazole rings is 1. The Hall–Kier alpha value is -2.54. The van der Waals surface area contributed by atoms with Crippen LogP contribution in [-0.2, 0) is 0 Å². The summed E-state index contributed by atoms with van der Waals surface area (Å²) in [6.45, 7) is 0. The van der Waals surface area contributed by atoms with E-state index in [0.717, 1.165) is 41.8 Å². The van der Waals surface area contributed by atoms with E-state index < -0.39 is 0 Å². The first-order chi connectivity index (χ1) is 12.3. The highest BCUT2D eigenvalue weighted by Gasteiger charge is 2.24. The fourth-order valence-corrected chi connectivity index (χ4v) is 3.96. The number of carbonyl (C=O) groups is 1. The Balaban J connectivity index is 1.31. The van der Waals surface area contributed by atoms with Crippen molar-refractivity contribution in [2.75, 3.05) is 5.32 Å². The van der Waals surface area contributed by atoms with Gasteiger partial charge >= 0.3 is 0 Å². The largest absolute Gasteiger partial charge is 0.367 e. The van der Waals surface area contributed by atoms with Gasteiger partial charge < -0.3 is 10.6 Å². The van der Waals surface area contributed by atoms with Gasteiger partial charge in [-0.1, -0.05) is 17.4 Å². The first-order valence-electron chi connectivity index (χ1n) is 8.48. The van der Waals surface area contributed by atoms with Crippen molar-refractivity contribution >= 4 is 33.4 Å². The molecule has 1 aliphatic rings. The predicted octanol–water partition coefficient (Wildman–Crippen LogP) is 3.24. The lowest BCUT2D eigenvalue weighted by molar-refractivity contribution is 0.0926. The number of hydrogen-bond acceptors (Lipinski definition) is 6. The van der Waals surface area contributed by atoms with Crippen LogP contribution in [0.1, 0.15) is 35.5 Å². The third-order valence-corrected chi connectivity index (χ3v) is 5.42. The fraction of sp³-hybridized carbons (Fsp3) is 0.333. The molecule has 0 saturated heterocycles. The average molecular weight is 353 g/mol. The van der Waals surface area contributed by atoms with Crippen LogP contribution >= 0.6 is 11.3 Å². The third-order valence-electron chi connectivity index (χ3n) is 4.44. The molecule has 0 atom stereocenters. The van der Waals surface area contributed by atoms with E-state index in [2.05, 4.69) is 25.6 Å². The van der Waals surface area contributed by atoms with Crippen LogP contribution in [0.15, 0.2) is 42.7 Å². The Kier molecular flexibility index (Phi) is 4.56. The van der Waals surface area contributed by atoms with Crippen molar-refractivity contribution in [1.82, 2.24) is 20.3 Å². The Morgan fingerprint density at radius 3 is 2.56 bits per heavy atom. The quantitative estimate of drug-likeness (QED) is 0.753. The summed E-state index contributed by atoms with van der Waals surface area (Å²) in [6, 6.07) is 10.2. The minimum Gasteiger partial charge on any atom is -0.367 e. The molecule has 1 saturated carbocycles. The van der Waals surface area contributed by atoms with Gasteiger partial charge in [-0.25, -0.2) is 15.0 Å². The molecule has 0 bridgehead atoms. The summed E-state index contributed by atoms with van der Waals surface area (Å²) in [5.41, 5.74) is 0.779. The molecule has 0 radical (unpaired) electrons. The number of fused-ring (bicyclic) bond motifs is 1. The lowest BCUT2D eigenvalue weighted by Crippen LogP contribution is -2.40. The fourth-order valence-electron chi connectivity index (χ4n) is 3.15. The van der Waals surface area contributed by atoms with Crippen LogP contribution < -0.4 is 10.6 Å². The van der Waals surface area contributed by atoms with E-state index in [0.29, 0.717) is 11.0 Å². The molecule has 4 rings (SSSR count). The molecule has 128 valence electrons. The predicted molar refractivity (Wildman–Crippen MR) is 98.8 cm³/mol. The molecule has 0 aromatic carbocycles. The van der Waals surface area contributed by atoms with Crippen molar-refractivity contribution in [3.63, 3.8) is 0 Å². The monoisotopic (exact) mass is 353 g/mol. The molecule has 25 heavy (non-hydrogen) atoms. The summed E-state index contributed by atoms with van der Waals surface area (Å²) in [5, 5.41) is 7.07. The highest BCUT2D eigenvalue weighted by atomic mass is 32.1. The lowest BCUT2D eigenvalue weighted by Gasteiger charge is -2.29. The standard InChI is InChI=1S/C18H19N5OS/c24-16(18-23-14-4-3-11-20-17(14)25-18)22-13-8-6-12(7-9-13)21-15-5-1-2-10-19-15/h1-5,10-13H,6-9H2,(H,19,21)(H,22,24). The summed E-state index contributed by atoms with van der Waals surface area (Å²) < 4.78 is 0. The Labute approximate surface area is 149 Å². The van der Waals surface area contributed by atoms with Crippen LogP contribution in [0.5, 0.6) is 0 Å². The van der Waals surface area contributed by atoms with Crippen molar-refractivity contribution in [3.05, 3.63) is 47.7 Å². The highest BCUT2D eigenvalue weighted by molar-refractivity contribution is 7.19. The Morgan fingerprint density at radius 1 is 1.00 bits per heavy atom. The van der Waals surface area contributed by atoms with Gasteiger partial charge in [-0.15, -0.1) is 0 Å². The number of aromatic nitrogens is 3. The minimum absolute atomic E-state index is 0.0934. The van der Waals surface area contributed by atoms with Gasteiger partial charge in [0.05, 0.1) is 0 Å². The zero-order valence-corrected chi connectivity index (χ0v) is 14.5. The first kappa shape index (κ1) is 16.0. The zero-order chi connectivity index (χ0) is 17.1. The lowest BCUT2D eigenvalue weighted by atomic mass is 9.91. The van der Waals surface area contributed by atoms with Crippen molar-refractivity contribution in [3.8, 4) is 0 Å². The summed E-state index contributed by atoms with van der Waals surface area (Å²) in [6.07, 6.45) is 7.46. The molecule has 3 heterocycles. The van der Waals surface area contributed by atoms with Crippen LogP contribution in [0.4, 0.5) is 5.82 Å². The summed E-state index contributed by atoms with van der Waals surface area (Å²) >= 11 is 1.34. The number of anilines is 1. The Morgan fingerprint density at radius 2 is 1.80 bits per heavy atom. The molecule has 2 N–H and O–H groups in total. The van der Waals surface area contributed by atoms with E-state index in [1.807, 2.05) is 30.3 Å². The van der Waals surface area contributed by atoms with E-state index in [1.165, 1.54) is 11.3 Å². The summed E-state index contributed by atoms with van der Waals surface area (Å²) in [5.74, 6) is 0.820.